The molecule has 0 fully saturated rings. The number of aryl methyl sites for hydroxylation is 2. The Morgan fingerprint density at radius 2 is 1.90 bits per heavy atom. The lowest BCUT2D eigenvalue weighted by molar-refractivity contribution is -0.143. The van der Waals surface area contributed by atoms with Crippen LogP contribution < -0.4 is 4.18 Å². The van der Waals surface area contributed by atoms with Gasteiger partial charge in [-0.05, 0) is 50.5 Å². The topological polar surface area (TPSA) is 69.7 Å². The number of carbonyl (C=O) groups is 1. The molecular formula is C14H20O5S. The molecule has 0 saturated carbocycles. The Bertz CT molecular complexity index is 563. The number of hydrogen-bond acceptors (Lipinski definition) is 5. The van der Waals surface area contributed by atoms with Crippen LogP contribution in [0, 0.1) is 13.8 Å². The largest absolute Gasteiger partial charge is 0.466 e. The summed E-state index contributed by atoms with van der Waals surface area (Å²) in [5, 5.41) is 0. The van der Waals surface area contributed by atoms with Gasteiger partial charge in [0.1, 0.15) is 5.75 Å². The molecule has 0 bridgehead atoms. The molecule has 0 aliphatic heterocycles. The van der Waals surface area contributed by atoms with Crippen molar-refractivity contribution in [2.75, 3.05) is 12.4 Å². The summed E-state index contributed by atoms with van der Waals surface area (Å²) in [6.07, 6.45) is 0.259. The molecule has 0 aliphatic carbocycles. The smallest absolute Gasteiger partial charge is 0.309 e. The van der Waals surface area contributed by atoms with Crippen LogP contribution in [0.15, 0.2) is 18.2 Å². The van der Waals surface area contributed by atoms with Crippen molar-refractivity contribution in [1.29, 1.82) is 0 Å². The molecule has 112 valence electrons. The van der Waals surface area contributed by atoms with E-state index in [-0.39, 0.29) is 18.6 Å². The summed E-state index contributed by atoms with van der Waals surface area (Å²) in [6.45, 7) is 5.82. The van der Waals surface area contributed by atoms with Crippen molar-refractivity contribution >= 4 is 16.1 Å². The van der Waals surface area contributed by atoms with Gasteiger partial charge in [-0.3, -0.25) is 4.79 Å². The van der Waals surface area contributed by atoms with Gasteiger partial charge in [-0.15, -0.1) is 0 Å². The normalized spacial score (nSPS) is 11.2. The molecule has 0 unspecified atom stereocenters. The Labute approximate surface area is 120 Å². The minimum Gasteiger partial charge on any atom is -0.466 e. The van der Waals surface area contributed by atoms with Crippen LogP contribution in [0.1, 0.15) is 30.9 Å². The predicted molar refractivity (Wildman–Crippen MR) is 76.2 cm³/mol. The summed E-state index contributed by atoms with van der Waals surface area (Å²) in [4.78, 5) is 11.1. The number of carbonyl (C=O) groups excluding carboxylic acids is 1. The van der Waals surface area contributed by atoms with Crippen LogP contribution in [0.3, 0.4) is 0 Å². The maximum atomic E-state index is 11.8. The molecule has 0 radical (unpaired) electrons. The molecule has 0 aromatic heterocycles. The summed E-state index contributed by atoms with van der Waals surface area (Å²) < 4.78 is 33.3. The lowest BCUT2D eigenvalue weighted by Crippen LogP contribution is -2.15. The van der Waals surface area contributed by atoms with Gasteiger partial charge in [-0.1, -0.05) is 6.07 Å². The predicted octanol–water partition coefficient (Wildman–Crippen LogP) is 2.36. The quantitative estimate of drug-likeness (QED) is 0.571. The van der Waals surface area contributed by atoms with Gasteiger partial charge in [0.25, 0.3) is 0 Å². The fourth-order valence-electron chi connectivity index (χ4n) is 1.58. The lowest BCUT2D eigenvalue weighted by atomic mass is 10.1. The molecule has 0 aliphatic rings. The molecule has 20 heavy (non-hydrogen) atoms. The lowest BCUT2D eigenvalue weighted by Gasteiger charge is -2.08. The summed E-state index contributed by atoms with van der Waals surface area (Å²) in [5.74, 6) is -0.309. The van der Waals surface area contributed by atoms with Crippen LogP contribution >= 0.6 is 0 Å². The average Bonchev–Trinajstić information content (AvgIpc) is 2.33. The van der Waals surface area contributed by atoms with E-state index in [9.17, 15) is 13.2 Å². The van der Waals surface area contributed by atoms with Gasteiger partial charge in [0, 0.05) is 6.42 Å². The van der Waals surface area contributed by atoms with E-state index in [1.807, 2.05) is 13.8 Å². The van der Waals surface area contributed by atoms with E-state index in [4.69, 9.17) is 8.92 Å². The summed E-state index contributed by atoms with van der Waals surface area (Å²) in [7, 11) is -3.68. The minimum atomic E-state index is -3.68. The van der Waals surface area contributed by atoms with Crippen molar-refractivity contribution < 1.29 is 22.1 Å². The first-order chi connectivity index (χ1) is 9.34. The molecule has 0 N–H and O–H groups in total. The molecule has 0 atom stereocenters. The molecule has 1 aromatic rings. The summed E-state index contributed by atoms with van der Waals surface area (Å²) >= 11 is 0. The molecule has 1 aromatic carbocycles. The third kappa shape index (κ3) is 5.61. The van der Waals surface area contributed by atoms with Crippen molar-refractivity contribution in [2.24, 2.45) is 0 Å². The van der Waals surface area contributed by atoms with Crippen molar-refractivity contribution in [3.8, 4) is 5.75 Å². The van der Waals surface area contributed by atoms with Gasteiger partial charge in [-0.2, -0.15) is 8.42 Å². The van der Waals surface area contributed by atoms with E-state index in [0.29, 0.717) is 12.4 Å². The van der Waals surface area contributed by atoms with E-state index >= 15 is 0 Å². The summed E-state index contributed by atoms with van der Waals surface area (Å²) in [6, 6.07) is 5.10. The van der Waals surface area contributed by atoms with Crippen molar-refractivity contribution in [3.63, 3.8) is 0 Å². The number of hydrogen-bond donors (Lipinski definition) is 0. The molecule has 0 spiro atoms. The zero-order valence-electron chi connectivity index (χ0n) is 12.0. The van der Waals surface area contributed by atoms with Gasteiger partial charge >= 0.3 is 16.1 Å². The highest BCUT2D eigenvalue weighted by Crippen LogP contribution is 2.18. The molecule has 6 heteroatoms. The zero-order chi connectivity index (χ0) is 15.2. The third-order valence-electron chi connectivity index (χ3n) is 2.78. The third-order valence-corrected chi connectivity index (χ3v) is 4.02. The van der Waals surface area contributed by atoms with Gasteiger partial charge in [0.05, 0.1) is 12.4 Å². The second-order valence-electron chi connectivity index (χ2n) is 4.50. The van der Waals surface area contributed by atoms with Crippen LogP contribution in [0.5, 0.6) is 5.75 Å². The zero-order valence-corrected chi connectivity index (χ0v) is 12.8. The average molecular weight is 300 g/mol. The van der Waals surface area contributed by atoms with Gasteiger partial charge < -0.3 is 8.92 Å². The van der Waals surface area contributed by atoms with E-state index in [1.165, 1.54) is 0 Å². The second kappa shape index (κ2) is 7.28. The number of esters is 1. The SMILES string of the molecule is CCOC(=O)CCCS(=O)(=O)Oc1ccc(C)c(C)c1. The number of ether oxygens (including phenoxy) is 1. The maximum Gasteiger partial charge on any atom is 0.309 e. The number of rotatable bonds is 7. The maximum absolute atomic E-state index is 11.8. The fourth-order valence-corrected chi connectivity index (χ4v) is 2.56. The van der Waals surface area contributed by atoms with Crippen molar-refractivity contribution in [3.05, 3.63) is 29.3 Å². The van der Waals surface area contributed by atoms with Crippen molar-refractivity contribution in [1.82, 2.24) is 0 Å². The molecule has 0 amide bonds. The summed E-state index contributed by atoms with van der Waals surface area (Å²) in [5.41, 5.74) is 2.03. The van der Waals surface area contributed by atoms with Gasteiger partial charge in [0.15, 0.2) is 0 Å². The first-order valence-electron chi connectivity index (χ1n) is 6.49. The van der Waals surface area contributed by atoms with Crippen LogP contribution in [0.4, 0.5) is 0 Å². The Balaban J connectivity index is 2.53. The highest BCUT2D eigenvalue weighted by molar-refractivity contribution is 7.87. The van der Waals surface area contributed by atoms with E-state index < -0.39 is 16.1 Å². The second-order valence-corrected chi connectivity index (χ2v) is 6.19. The highest BCUT2D eigenvalue weighted by Gasteiger charge is 2.14. The molecule has 1 rings (SSSR count). The first kappa shape index (κ1) is 16.5. The van der Waals surface area contributed by atoms with Crippen LogP contribution in [-0.4, -0.2) is 26.7 Å². The standard InChI is InChI=1S/C14H20O5S/c1-4-18-14(15)6-5-9-20(16,17)19-13-8-7-11(2)12(3)10-13/h7-8,10H,4-6,9H2,1-3H3. The first-order valence-corrected chi connectivity index (χ1v) is 8.07. The number of benzene rings is 1. The Morgan fingerprint density at radius 1 is 1.20 bits per heavy atom. The van der Waals surface area contributed by atoms with Crippen LogP contribution in [-0.2, 0) is 19.6 Å². The highest BCUT2D eigenvalue weighted by atomic mass is 32.2. The van der Waals surface area contributed by atoms with Crippen molar-refractivity contribution in [2.45, 2.75) is 33.6 Å². The Kier molecular flexibility index (Phi) is 6.01. The van der Waals surface area contributed by atoms with Crippen LogP contribution in [0.25, 0.3) is 0 Å². The Hall–Kier alpha value is -1.56. The molecule has 5 nitrogen and oxygen atoms in total. The van der Waals surface area contributed by atoms with E-state index in [1.54, 1.807) is 25.1 Å². The van der Waals surface area contributed by atoms with E-state index in [0.717, 1.165) is 11.1 Å². The minimum absolute atomic E-state index is 0.0728. The molecule has 0 saturated heterocycles. The Morgan fingerprint density at radius 3 is 2.50 bits per heavy atom. The van der Waals surface area contributed by atoms with E-state index in [2.05, 4.69) is 0 Å². The molecular weight excluding hydrogens is 280 g/mol. The van der Waals surface area contributed by atoms with Crippen LogP contribution in [0.2, 0.25) is 0 Å². The molecule has 0 heterocycles. The van der Waals surface area contributed by atoms with Gasteiger partial charge in [0.2, 0.25) is 0 Å². The fraction of sp³-hybridized carbons (Fsp3) is 0.500. The monoisotopic (exact) mass is 300 g/mol. The van der Waals surface area contributed by atoms with Gasteiger partial charge in [-0.25, -0.2) is 0 Å².